The number of aromatic amines is 1. The quantitative estimate of drug-likeness (QED) is 0.690. The lowest BCUT2D eigenvalue weighted by Gasteiger charge is -2.25. The molecule has 0 atom stereocenters. The summed E-state index contributed by atoms with van der Waals surface area (Å²) in [6, 6.07) is 5.73. The van der Waals surface area contributed by atoms with E-state index in [-0.39, 0.29) is 0 Å². The normalized spacial score (nSPS) is 16.2. The second kappa shape index (κ2) is 3.70. The summed E-state index contributed by atoms with van der Waals surface area (Å²) in [6.45, 7) is 1.02. The summed E-state index contributed by atoms with van der Waals surface area (Å²) in [5.74, 6) is 1.69. The number of rotatable bonds is 3. The number of nitrogens with two attached hydrogens (primary N) is 1. The number of fused-ring (bicyclic) bond motifs is 1. The number of imidazole rings is 1. The largest absolute Gasteiger partial charge is 0.399 e. The van der Waals surface area contributed by atoms with Gasteiger partial charge in [0, 0.05) is 12.2 Å². The Morgan fingerprint density at radius 3 is 3.06 bits per heavy atom. The summed E-state index contributed by atoms with van der Waals surface area (Å²) in [5, 5.41) is 3.35. The second-order valence-electron chi connectivity index (χ2n) is 4.54. The molecule has 0 radical (unpaired) electrons. The molecule has 0 amide bonds. The fourth-order valence-electron chi connectivity index (χ4n) is 2.05. The van der Waals surface area contributed by atoms with E-state index < -0.39 is 0 Å². The van der Waals surface area contributed by atoms with E-state index in [9.17, 15) is 0 Å². The Hall–Kier alpha value is -1.71. The van der Waals surface area contributed by atoms with Crippen LogP contribution in [0.15, 0.2) is 18.2 Å². The van der Waals surface area contributed by atoms with Gasteiger partial charge >= 0.3 is 0 Å². The van der Waals surface area contributed by atoms with Crippen LogP contribution < -0.4 is 11.1 Å². The fourth-order valence-corrected chi connectivity index (χ4v) is 2.05. The SMILES string of the molecule is Nc1ccc2nc(NCC3CCC3)[nH]c2c1. The highest BCUT2D eigenvalue weighted by molar-refractivity contribution is 5.80. The summed E-state index contributed by atoms with van der Waals surface area (Å²) < 4.78 is 0. The van der Waals surface area contributed by atoms with Crippen LogP contribution in [0.5, 0.6) is 0 Å². The van der Waals surface area contributed by atoms with Gasteiger partial charge in [0.15, 0.2) is 0 Å². The van der Waals surface area contributed by atoms with Gasteiger partial charge in [-0.25, -0.2) is 4.98 Å². The maximum absolute atomic E-state index is 5.72. The van der Waals surface area contributed by atoms with Crippen LogP contribution in [0.4, 0.5) is 11.6 Å². The van der Waals surface area contributed by atoms with Gasteiger partial charge in [-0.3, -0.25) is 0 Å². The molecule has 0 unspecified atom stereocenters. The van der Waals surface area contributed by atoms with Gasteiger partial charge < -0.3 is 16.0 Å². The average molecular weight is 216 g/mol. The van der Waals surface area contributed by atoms with Gasteiger partial charge in [-0.05, 0) is 37.0 Å². The van der Waals surface area contributed by atoms with Gasteiger partial charge in [-0.15, -0.1) is 0 Å². The van der Waals surface area contributed by atoms with Crippen molar-refractivity contribution in [2.45, 2.75) is 19.3 Å². The van der Waals surface area contributed by atoms with Crippen LogP contribution in [0.1, 0.15) is 19.3 Å². The van der Waals surface area contributed by atoms with Crippen LogP contribution in [0, 0.1) is 5.92 Å². The maximum Gasteiger partial charge on any atom is 0.201 e. The Balaban J connectivity index is 1.76. The standard InChI is InChI=1S/C12H16N4/c13-9-4-5-10-11(6-9)16-12(15-10)14-7-8-2-1-3-8/h4-6,8H,1-3,7,13H2,(H2,14,15,16). The molecule has 84 valence electrons. The number of H-pyrrole nitrogens is 1. The molecule has 16 heavy (non-hydrogen) atoms. The Morgan fingerprint density at radius 1 is 1.44 bits per heavy atom. The van der Waals surface area contributed by atoms with E-state index in [0.29, 0.717) is 0 Å². The first-order valence-corrected chi connectivity index (χ1v) is 5.80. The first-order chi connectivity index (χ1) is 7.81. The third kappa shape index (κ3) is 1.71. The number of nitrogens with zero attached hydrogens (tertiary/aromatic N) is 1. The number of aromatic nitrogens is 2. The van der Waals surface area contributed by atoms with Crippen molar-refractivity contribution in [3.8, 4) is 0 Å². The zero-order valence-corrected chi connectivity index (χ0v) is 9.16. The van der Waals surface area contributed by atoms with Crippen LogP contribution in [0.25, 0.3) is 11.0 Å². The Bertz CT molecular complexity index is 499. The molecule has 3 rings (SSSR count). The third-order valence-electron chi connectivity index (χ3n) is 3.29. The molecule has 4 heteroatoms. The zero-order valence-electron chi connectivity index (χ0n) is 9.16. The van der Waals surface area contributed by atoms with Gasteiger partial charge in [-0.2, -0.15) is 0 Å². The van der Waals surface area contributed by atoms with E-state index in [1.54, 1.807) is 0 Å². The van der Waals surface area contributed by atoms with Crippen molar-refractivity contribution in [3.05, 3.63) is 18.2 Å². The predicted octanol–water partition coefficient (Wildman–Crippen LogP) is 2.36. The Labute approximate surface area is 94.3 Å². The smallest absolute Gasteiger partial charge is 0.201 e. The van der Waals surface area contributed by atoms with E-state index in [2.05, 4.69) is 15.3 Å². The molecule has 1 saturated carbocycles. The lowest BCUT2D eigenvalue weighted by atomic mass is 9.85. The number of nitrogen functional groups attached to an aromatic ring is 1. The van der Waals surface area contributed by atoms with Crippen molar-refractivity contribution >= 4 is 22.7 Å². The molecule has 0 saturated heterocycles. The minimum Gasteiger partial charge on any atom is -0.399 e. The minimum absolute atomic E-state index is 0.765. The maximum atomic E-state index is 5.72. The lowest BCUT2D eigenvalue weighted by molar-refractivity contribution is 0.333. The molecular formula is C12H16N4. The van der Waals surface area contributed by atoms with Crippen molar-refractivity contribution in [3.63, 3.8) is 0 Å². The van der Waals surface area contributed by atoms with E-state index in [0.717, 1.165) is 35.1 Å². The van der Waals surface area contributed by atoms with Crippen molar-refractivity contribution in [2.75, 3.05) is 17.6 Å². The molecular weight excluding hydrogens is 200 g/mol. The zero-order chi connectivity index (χ0) is 11.0. The molecule has 1 heterocycles. The van der Waals surface area contributed by atoms with Crippen molar-refractivity contribution in [1.82, 2.24) is 9.97 Å². The van der Waals surface area contributed by atoms with Gasteiger partial charge in [0.2, 0.25) is 5.95 Å². The van der Waals surface area contributed by atoms with E-state index in [1.807, 2.05) is 18.2 Å². The fraction of sp³-hybridized carbons (Fsp3) is 0.417. The third-order valence-corrected chi connectivity index (χ3v) is 3.29. The topological polar surface area (TPSA) is 66.7 Å². The van der Waals surface area contributed by atoms with Crippen molar-refractivity contribution in [2.24, 2.45) is 5.92 Å². The van der Waals surface area contributed by atoms with Crippen molar-refractivity contribution < 1.29 is 0 Å². The molecule has 0 bridgehead atoms. The van der Waals surface area contributed by atoms with Crippen LogP contribution in [-0.4, -0.2) is 16.5 Å². The van der Waals surface area contributed by atoms with E-state index in [4.69, 9.17) is 5.73 Å². The number of hydrogen-bond donors (Lipinski definition) is 3. The average Bonchev–Trinajstić information content (AvgIpc) is 2.57. The molecule has 4 nitrogen and oxygen atoms in total. The monoisotopic (exact) mass is 216 g/mol. The summed E-state index contributed by atoms with van der Waals surface area (Å²) in [7, 11) is 0. The van der Waals surface area contributed by atoms with Gasteiger partial charge in [-0.1, -0.05) is 6.42 Å². The van der Waals surface area contributed by atoms with E-state index in [1.165, 1.54) is 19.3 Å². The summed E-state index contributed by atoms with van der Waals surface area (Å²) in [4.78, 5) is 7.70. The predicted molar refractivity (Wildman–Crippen MR) is 66.3 cm³/mol. The molecule has 1 aliphatic carbocycles. The molecule has 4 N–H and O–H groups in total. The summed E-state index contributed by atoms with van der Waals surface area (Å²) in [6.07, 6.45) is 4.07. The first-order valence-electron chi connectivity index (χ1n) is 5.80. The number of nitrogens with one attached hydrogen (secondary N) is 2. The minimum atomic E-state index is 0.765. The molecule has 1 aliphatic rings. The number of hydrogen-bond acceptors (Lipinski definition) is 3. The van der Waals surface area contributed by atoms with Crippen LogP contribution in [-0.2, 0) is 0 Å². The Kier molecular flexibility index (Phi) is 2.20. The molecule has 1 aromatic heterocycles. The first kappa shape index (κ1) is 9.51. The highest BCUT2D eigenvalue weighted by Crippen LogP contribution is 2.26. The Morgan fingerprint density at radius 2 is 2.31 bits per heavy atom. The van der Waals surface area contributed by atoms with Crippen molar-refractivity contribution in [1.29, 1.82) is 0 Å². The highest BCUT2D eigenvalue weighted by atomic mass is 15.1. The van der Waals surface area contributed by atoms with E-state index >= 15 is 0 Å². The number of benzene rings is 1. The highest BCUT2D eigenvalue weighted by Gasteiger charge is 2.17. The molecule has 1 aromatic carbocycles. The molecule has 2 aromatic rings. The number of anilines is 2. The summed E-state index contributed by atoms with van der Waals surface area (Å²) in [5.41, 5.74) is 8.44. The van der Waals surface area contributed by atoms with Gasteiger partial charge in [0.1, 0.15) is 0 Å². The van der Waals surface area contributed by atoms with Crippen LogP contribution in [0.3, 0.4) is 0 Å². The molecule has 1 fully saturated rings. The van der Waals surface area contributed by atoms with Gasteiger partial charge in [0.05, 0.1) is 11.0 Å². The van der Waals surface area contributed by atoms with Crippen LogP contribution in [0.2, 0.25) is 0 Å². The summed E-state index contributed by atoms with van der Waals surface area (Å²) >= 11 is 0. The second-order valence-corrected chi connectivity index (χ2v) is 4.54. The molecule has 0 spiro atoms. The van der Waals surface area contributed by atoms with Crippen LogP contribution >= 0.6 is 0 Å². The molecule has 0 aliphatic heterocycles. The lowest BCUT2D eigenvalue weighted by Crippen LogP contribution is -2.21. The van der Waals surface area contributed by atoms with Gasteiger partial charge in [0.25, 0.3) is 0 Å².